The topological polar surface area (TPSA) is 44.5 Å². The molecule has 0 spiro atoms. The largest absolute Gasteiger partial charge is 0.396 e. The molecule has 0 aliphatic carbocycles. The van der Waals surface area contributed by atoms with Gasteiger partial charge in [0.15, 0.2) is 0 Å². The summed E-state index contributed by atoms with van der Waals surface area (Å²) in [6.45, 7) is 12.7. The van der Waals surface area contributed by atoms with Crippen molar-refractivity contribution < 1.29 is 5.11 Å². The quantitative estimate of drug-likeness (QED) is 0.776. The Morgan fingerprint density at radius 3 is 2.59 bits per heavy atom. The van der Waals surface area contributed by atoms with Crippen molar-refractivity contribution in [1.82, 2.24) is 19.6 Å². The van der Waals surface area contributed by atoms with Gasteiger partial charge in [-0.2, -0.15) is 5.10 Å². The minimum absolute atomic E-state index is 0.246. The molecule has 1 saturated heterocycles. The van der Waals surface area contributed by atoms with Gasteiger partial charge in [-0.3, -0.25) is 14.5 Å². The third kappa shape index (κ3) is 5.41. The van der Waals surface area contributed by atoms with Crippen LogP contribution < -0.4 is 0 Å². The van der Waals surface area contributed by atoms with E-state index in [9.17, 15) is 5.11 Å². The van der Waals surface area contributed by atoms with Gasteiger partial charge in [-0.05, 0) is 32.3 Å². The van der Waals surface area contributed by atoms with E-state index in [0.717, 1.165) is 57.8 Å². The molecule has 148 valence electrons. The molecular weight excluding hydrogens is 336 g/mol. The van der Waals surface area contributed by atoms with Crippen molar-refractivity contribution in [1.29, 1.82) is 0 Å². The molecule has 0 radical (unpaired) electrons. The first-order chi connectivity index (χ1) is 13.1. The molecule has 0 saturated carbocycles. The molecule has 0 amide bonds. The van der Waals surface area contributed by atoms with Gasteiger partial charge in [-0.1, -0.05) is 36.8 Å². The van der Waals surface area contributed by atoms with Crippen molar-refractivity contribution >= 4 is 0 Å². The van der Waals surface area contributed by atoms with Crippen LogP contribution in [0, 0.1) is 13.8 Å². The van der Waals surface area contributed by atoms with Crippen LogP contribution in [0.15, 0.2) is 30.5 Å². The van der Waals surface area contributed by atoms with Crippen LogP contribution in [0.4, 0.5) is 0 Å². The number of nitrogens with zero attached hydrogens (tertiary/aromatic N) is 4. The lowest BCUT2D eigenvalue weighted by Crippen LogP contribution is -2.52. The second-order valence-corrected chi connectivity index (χ2v) is 7.86. The summed E-state index contributed by atoms with van der Waals surface area (Å²) in [5.74, 6) is 0. The minimum atomic E-state index is 0.246. The molecule has 27 heavy (non-hydrogen) atoms. The first-order valence-electron chi connectivity index (χ1n) is 10.2. The summed E-state index contributed by atoms with van der Waals surface area (Å²) in [5, 5.41) is 14.2. The van der Waals surface area contributed by atoms with E-state index >= 15 is 0 Å². The number of aliphatic hydroxyl groups excluding tert-OH is 1. The minimum Gasteiger partial charge on any atom is -0.396 e. The zero-order valence-electron chi connectivity index (χ0n) is 17.1. The van der Waals surface area contributed by atoms with Crippen molar-refractivity contribution in [3.05, 3.63) is 52.8 Å². The fraction of sp³-hybridized carbons (Fsp3) is 0.591. The molecule has 0 unspecified atom stereocenters. The van der Waals surface area contributed by atoms with Crippen LogP contribution in [0.5, 0.6) is 0 Å². The molecule has 1 aliphatic rings. The van der Waals surface area contributed by atoms with E-state index in [1.165, 1.54) is 16.7 Å². The zero-order chi connectivity index (χ0) is 19.2. The first kappa shape index (κ1) is 20.1. The van der Waals surface area contributed by atoms with Crippen molar-refractivity contribution in [3.63, 3.8) is 0 Å². The lowest BCUT2D eigenvalue weighted by Gasteiger charge is -2.41. The molecule has 1 atom stereocenters. The predicted octanol–water partition coefficient (Wildman–Crippen LogP) is 2.98. The molecule has 1 aromatic carbocycles. The maximum atomic E-state index is 9.56. The Morgan fingerprint density at radius 1 is 1.11 bits per heavy atom. The van der Waals surface area contributed by atoms with Gasteiger partial charge in [-0.25, -0.2) is 0 Å². The number of benzene rings is 1. The summed E-state index contributed by atoms with van der Waals surface area (Å²) in [6.07, 6.45) is 4.14. The summed E-state index contributed by atoms with van der Waals surface area (Å²) in [7, 11) is 0. The summed E-state index contributed by atoms with van der Waals surface area (Å²) < 4.78 is 2.07. The molecule has 3 rings (SSSR count). The molecule has 5 heteroatoms. The number of aliphatic hydroxyl groups is 1. The van der Waals surface area contributed by atoms with Crippen LogP contribution in [0.25, 0.3) is 0 Å². The maximum Gasteiger partial charge on any atom is 0.0638 e. The number of hydrogen-bond acceptors (Lipinski definition) is 4. The first-order valence-corrected chi connectivity index (χ1v) is 10.2. The van der Waals surface area contributed by atoms with E-state index in [2.05, 4.69) is 70.8 Å². The summed E-state index contributed by atoms with van der Waals surface area (Å²) in [6, 6.07) is 9.22. The molecule has 1 N–H and O–H groups in total. The molecule has 2 heterocycles. The highest BCUT2D eigenvalue weighted by molar-refractivity contribution is 5.21. The zero-order valence-corrected chi connectivity index (χ0v) is 17.1. The highest BCUT2D eigenvalue weighted by atomic mass is 16.3. The van der Waals surface area contributed by atoms with Gasteiger partial charge >= 0.3 is 0 Å². The number of aromatic nitrogens is 2. The lowest BCUT2D eigenvalue weighted by molar-refractivity contribution is 0.0499. The SMILES string of the molecule is CCCn1cc(CN2CCN(Cc3ccc(C)cc3)[C@H](CCO)C2)c(C)n1. The maximum absolute atomic E-state index is 9.56. The average molecular weight is 371 g/mol. The summed E-state index contributed by atoms with van der Waals surface area (Å²) >= 11 is 0. The van der Waals surface area contributed by atoms with Crippen molar-refractivity contribution in [2.45, 2.75) is 59.3 Å². The Labute approximate surface area is 163 Å². The van der Waals surface area contributed by atoms with Crippen molar-refractivity contribution in [2.24, 2.45) is 0 Å². The van der Waals surface area contributed by atoms with Crippen LogP contribution in [0.2, 0.25) is 0 Å². The monoisotopic (exact) mass is 370 g/mol. The number of hydrogen-bond donors (Lipinski definition) is 1. The van der Waals surface area contributed by atoms with E-state index in [1.54, 1.807) is 0 Å². The Kier molecular flexibility index (Phi) is 7.05. The smallest absolute Gasteiger partial charge is 0.0638 e. The highest BCUT2D eigenvalue weighted by Crippen LogP contribution is 2.19. The fourth-order valence-corrected chi connectivity index (χ4v) is 3.96. The summed E-state index contributed by atoms with van der Waals surface area (Å²) in [5.41, 5.74) is 5.13. The van der Waals surface area contributed by atoms with Crippen LogP contribution in [-0.2, 0) is 19.6 Å². The second kappa shape index (κ2) is 9.49. The molecule has 2 aromatic rings. The lowest BCUT2D eigenvalue weighted by atomic mass is 10.1. The van der Waals surface area contributed by atoms with Gasteiger partial charge in [0.25, 0.3) is 0 Å². The van der Waals surface area contributed by atoms with Gasteiger partial charge in [0.05, 0.1) is 5.69 Å². The average Bonchev–Trinajstić information content (AvgIpc) is 2.99. The van der Waals surface area contributed by atoms with Crippen molar-refractivity contribution in [3.8, 4) is 0 Å². The van der Waals surface area contributed by atoms with Crippen molar-refractivity contribution in [2.75, 3.05) is 26.2 Å². The van der Waals surface area contributed by atoms with Crippen LogP contribution >= 0.6 is 0 Å². The van der Waals surface area contributed by atoms with Gasteiger partial charge in [0.1, 0.15) is 0 Å². The second-order valence-electron chi connectivity index (χ2n) is 7.86. The van der Waals surface area contributed by atoms with Gasteiger partial charge < -0.3 is 5.11 Å². The third-order valence-electron chi connectivity index (χ3n) is 5.55. The third-order valence-corrected chi connectivity index (χ3v) is 5.55. The van der Waals surface area contributed by atoms with Gasteiger partial charge in [0.2, 0.25) is 0 Å². The normalized spacial score (nSPS) is 18.9. The molecule has 1 aliphatic heterocycles. The predicted molar refractivity (Wildman–Crippen MR) is 110 cm³/mol. The van der Waals surface area contributed by atoms with E-state index in [0.29, 0.717) is 6.04 Å². The van der Waals surface area contributed by atoms with Gasteiger partial charge in [-0.15, -0.1) is 0 Å². The Balaban J connectivity index is 1.62. The molecule has 1 fully saturated rings. The van der Waals surface area contributed by atoms with E-state index in [4.69, 9.17) is 0 Å². The van der Waals surface area contributed by atoms with Crippen LogP contribution in [0.1, 0.15) is 42.1 Å². The van der Waals surface area contributed by atoms with E-state index < -0.39 is 0 Å². The fourth-order valence-electron chi connectivity index (χ4n) is 3.96. The Hall–Kier alpha value is -1.69. The van der Waals surface area contributed by atoms with E-state index in [1.807, 2.05) is 0 Å². The number of aryl methyl sites for hydroxylation is 3. The highest BCUT2D eigenvalue weighted by Gasteiger charge is 2.27. The van der Waals surface area contributed by atoms with Crippen LogP contribution in [-0.4, -0.2) is 57.0 Å². The van der Waals surface area contributed by atoms with Gasteiger partial charge in [0, 0.05) is 63.7 Å². The van der Waals surface area contributed by atoms with E-state index in [-0.39, 0.29) is 6.61 Å². The molecule has 0 bridgehead atoms. The van der Waals surface area contributed by atoms with Crippen LogP contribution in [0.3, 0.4) is 0 Å². The Morgan fingerprint density at radius 2 is 1.89 bits per heavy atom. The molecule has 1 aromatic heterocycles. The molecule has 5 nitrogen and oxygen atoms in total. The number of piperazine rings is 1. The molecular formula is C22H34N4O. The Bertz CT molecular complexity index is 710. The standard InChI is InChI=1S/C22H34N4O/c1-4-10-26-16-21(19(3)23-26)15-24-11-12-25(22(17-24)9-13-27)14-20-7-5-18(2)6-8-20/h5-8,16,22,27H,4,9-15,17H2,1-3H3/t22-/m1/s1. The summed E-state index contributed by atoms with van der Waals surface area (Å²) in [4.78, 5) is 5.05. The number of rotatable bonds is 8.